The van der Waals surface area contributed by atoms with E-state index in [1.807, 2.05) is 30.4 Å². The van der Waals surface area contributed by atoms with Gasteiger partial charge in [-0.1, -0.05) is 31.2 Å². The van der Waals surface area contributed by atoms with Crippen molar-refractivity contribution < 1.29 is 4.79 Å². The molecule has 2 nitrogen and oxygen atoms in total. The van der Waals surface area contributed by atoms with Crippen LogP contribution < -0.4 is 11.0 Å². The molecule has 0 saturated heterocycles. The number of allylic oxidation sites excluding steroid dienone is 4. The van der Waals surface area contributed by atoms with Gasteiger partial charge in [-0.05, 0) is 31.1 Å². The molecule has 1 heterocycles. The van der Waals surface area contributed by atoms with Gasteiger partial charge in [0, 0.05) is 0 Å². The minimum atomic E-state index is -0.479. The third kappa shape index (κ3) is 1.79. The van der Waals surface area contributed by atoms with Crippen molar-refractivity contribution in [2.75, 3.05) is 11.9 Å². The zero-order valence-corrected chi connectivity index (χ0v) is 12.8. The van der Waals surface area contributed by atoms with Crippen LogP contribution in [-0.2, 0) is 6.42 Å². The molecule has 0 bridgehead atoms. The quantitative estimate of drug-likeness (QED) is 0.670. The Hall–Kier alpha value is -1.66. The SMILES string of the molecule is CCc1ccc2c(c1N)[P+](CC)=C1C=CC=CC1C2=O. The molecule has 0 amide bonds. The Labute approximate surface area is 120 Å². The Bertz CT molecular complexity index is 682. The van der Waals surface area contributed by atoms with Gasteiger partial charge in [-0.2, -0.15) is 0 Å². The van der Waals surface area contributed by atoms with Gasteiger partial charge in [-0.25, -0.2) is 0 Å². The van der Waals surface area contributed by atoms with Gasteiger partial charge in [-0.3, -0.25) is 4.79 Å². The minimum absolute atomic E-state index is 0.0644. The highest BCUT2D eigenvalue weighted by Crippen LogP contribution is 2.39. The normalized spacial score (nSPS) is 21.9. The topological polar surface area (TPSA) is 43.1 Å². The monoisotopic (exact) mass is 284 g/mol. The number of Topliss-reactive ketones (excluding diaryl/α,β-unsaturated/α-hetero) is 1. The molecule has 0 aromatic heterocycles. The highest BCUT2D eigenvalue weighted by atomic mass is 31.1. The molecular formula is C17H19NOP+. The van der Waals surface area contributed by atoms with Gasteiger partial charge in [0.25, 0.3) is 0 Å². The maximum absolute atomic E-state index is 12.7. The molecule has 3 rings (SSSR count). The average Bonchev–Trinajstić information content (AvgIpc) is 2.49. The van der Waals surface area contributed by atoms with Crippen molar-refractivity contribution in [3.8, 4) is 0 Å². The van der Waals surface area contributed by atoms with Crippen molar-refractivity contribution >= 4 is 29.6 Å². The lowest BCUT2D eigenvalue weighted by Crippen LogP contribution is -2.33. The first-order chi connectivity index (χ1) is 9.69. The number of carbonyl (C=O) groups excluding carboxylic acids is 1. The summed E-state index contributed by atoms with van der Waals surface area (Å²) >= 11 is 0. The van der Waals surface area contributed by atoms with Crippen molar-refractivity contribution in [1.29, 1.82) is 0 Å². The van der Waals surface area contributed by atoms with Gasteiger partial charge in [0.1, 0.15) is 24.9 Å². The average molecular weight is 284 g/mol. The minimum Gasteiger partial charge on any atom is -0.395 e. The van der Waals surface area contributed by atoms with Gasteiger partial charge in [-0.15, -0.1) is 0 Å². The Kier molecular flexibility index (Phi) is 3.35. The number of hydrogen-bond acceptors (Lipinski definition) is 2. The van der Waals surface area contributed by atoms with Crippen LogP contribution in [0.2, 0.25) is 0 Å². The van der Waals surface area contributed by atoms with E-state index in [2.05, 4.69) is 19.9 Å². The number of nitrogens with two attached hydrogens (primary N) is 1. The van der Waals surface area contributed by atoms with Crippen LogP contribution >= 0.6 is 7.55 Å². The summed E-state index contributed by atoms with van der Waals surface area (Å²) in [5.74, 6) is 0.141. The van der Waals surface area contributed by atoms with E-state index in [1.54, 1.807) is 0 Å². The number of benzene rings is 1. The summed E-state index contributed by atoms with van der Waals surface area (Å²) in [6.07, 6.45) is 10.1. The maximum Gasteiger partial charge on any atom is 0.182 e. The molecule has 2 aliphatic rings. The highest BCUT2D eigenvalue weighted by molar-refractivity contribution is 7.67. The fourth-order valence-electron chi connectivity index (χ4n) is 3.10. The van der Waals surface area contributed by atoms with Gasteiger partial charge in [0.15, 0.2) is 11.1 Å². The van der Waals surface area contributed by atoms with Crippen LogP contribution in [-0.4, -0.2) is 17.2 Å². The molecule has 1 aliphatic heterocycles. The van der Waals surface area contributed by atoms with Crippen LogP contribution in [0.25, 0.3) is 0 Å². The number of aryl methyl sites for hydroxylation is 1. The predicted molar refractivity (Wildman–Crippen MR) is 88.4 cm³/mol. The first-order valence-electron chi connectivity index (χ1n) is 7.13. The largest absolute Gasteiger partial charge is 0.395 e. The summed E-state index contributed by atoms with van der Waals surface area (Å²) in [4.78, 5) is 12.7. The summed E-state index contributed by atoms with van der Waals surface area (Å²) in [6, 6.07) is 4.00. The Morgan fingerprint density at radius 1 is 1.25 bits per heavy atom. The van der Waals surface area contributed by atoms with E-state index < -0.39 is 7.55 Å². The molecule has 2 N–H and O–H groups in total. The molecule has 0 spiro atoms. The van der Waals surface area contributed by atoms with Crippen molar-refractivity contribution in [2.24, 2.45) is 5.92 Å². The third-order valence-electron chi connectivity index (χ3n) is 4.13. The third-order valence-corrected chi connectivity index (χ3v) is 6.84. The van der Waals surface area contributed by atoms with Crippen molar-refractivity contribution in [2.45, 2.75) is 20.3 Å². The summed E-state index contributed by atoms with van der Waals surface area (Å²) in [5.41, 5.74) is 9.23. The van der Waals surface area contributed by atoms with Crippen LogP contribution in [0.3, 0.4) is 0 Å². The van der Waals surface area contributed by atoms with E-state index in [-0.39, 0.29) is 11.7 Å². The summed E-state index contributed by atoms with van der Waals surface area (Å²) < 4.78 is 0. The number of ketones is 1. The van der Waals surface area contributed by atoms with Gasteiger partial charge in [0.05, 0.1) is 11.3 Å². The second-order valence-electron chi connectivity index (χ2n) is 5.14. The highest BCUT2D eigenvalue weighted by Gasteiger charge is 2.41. The molecule has 1 aromatic rings. The van der Waals surface area contributed by atoms with Gasteiger partial charge >= 0.3 is 0 Å². The standard InChI is InChI=1S/C17H19NOP/c1-3-11-9-10-13-16(19)12-7-5-6-8-14(12)20(4-2)17(13)15(11)18/h5-10,12H,3-4,18H2,1-2H3/q+1. The molecule has 3 heteroatoms. The van der Waals surface area contributed by atoms with Crippen LogP contribution in [0.4, 0.5) is 5.69 Å². The van der Waals surface area contributed by atoms with E-state index in [4.69, 9.17) is 5.73 Å². The van der Waals surface area contributed by atoms with Crippen molar-refractivity contribution in [3.05, 3.63) is 47.6 Å². The van der Waals surface area contributed by atoms with Crippen LogP contribution in [0.5, 0.6) is 0 Å². The second-order valence-corrected chi connectivity index (χ2v) is 7.60. The molecular weight excluding hydrogens is 265 g/mol. The lowest BCUT2D eigenvalue weighted by molar-refractivity contribution is 0.0974. The number of rotatable bonds is 2. The smallest absolute Gasteiger partial charge is 0.182 e. The maximum atomic E-state index is 12.7. The summed E-state index contributed by atoms with van der Waals surface area (Å²) in [6.45, 7) is 4.30. The van der Waals surface area contributed by atoms with E-state index in [0.717, 1.165) is 34.7 Å². The lowest BCUT2D eigenvalue weighted by Gasteiger charge is -2.21. The predicted octanol–water partition coefficient (Wildman–Crippen LogP) is 3.07. The van der Waals surface area contributed by atoms with Gasteiger partial charge in [0.2, 0.25) is 0 Å². The van der Waals surface area contributed by atoms with E-state index >= 15 is 0 Å². The molecule has 1 aromatic carbocycles. The Morgan fingerprint density at radius 3 is 2.75 bits per heavy atom. The van der Waals surface area contributed by atoms with Crippen molar-refractivity contribution in [3.63, 3.8) is 0 Å². The molecule has 0 fully saturated rings. The first kappa shape index (κ1) is 13.3. The van der Waals surface area contributed by atoms with Crippen LogP contribution in [0.1, 0.15) is 29.8 Å². The van der Waals surface area contributed by atoms with E-state index in [0.29, 0.717) is 0 Å². The fraction of sp³-hybridized carbons (Fsp3) is 0.294. The fourth-order valence-corrected chi connectivity index (χ4v) is 5.75. The second kappa shape index (κ2) is 5.03. The van der Waals surface area contributed by atoms with Crippen LogP contribution in [0.15, 0.2) is 36.4 Å². The van der Waals surface area contributed by atoms with Gasteiger partial charge < -0.3 is 5.73 Å². The number of fused-ring (bicyclic) bond motifs is 2. The number of hydrogen-bond donors (Lipinski definition) is 1. The zero-order chi connectivity index (χ0) is 14.3. The molecule has 0 saturated carbocycles. The van der Waals surface area contributed by atoms with E-state index in [1.165, 1.54) is 5.29 Å². The number of carbonyl (C=O) groups is 1. The molecule has 20 heavy (non-hydrogen) atoms. The lowest BCUT2D eigenvalue weighted by atomic mass is 9.90. The summed E-state index contributed by atoms with van der Waals surface area (Å²) in [7, 11) is -0.479. The molecule has 2 unspecified atom stereocenters. The molecule has 1 aliphatic carbocycles. The molecule has 0 radical (unpaired) electrons. The Balaban J connectivity index is 2.33. The number of nitrogen functional groups attached to an aromatic ring is 1. The van der Waals surface area contributed by atoms with Crippen molar-refractivity contribution in [1.82, 2.24) is 0 Å². The Morgan fingerprint density at radius 2 is 2.05 bits per heavy atom. The molecule has 102 valence electrons. The number of anilines is 1. The zero-order valence-electron chi connectivity index (χ0n) is 11.9. The van der Waals surface area contributed by atoms with E-state index in [9.17, 15) is 4.79 Å². The summed E-state index contributed by atoms with van der Waals surface area (Å²) in [5, 5.41) is 2.39. The van der Waals surface area contributed by atoms with Crippen LogP contribution in [0, 0.1) is 5.92 Å². The first-order valence-corrected chi connectivity index (χ1v) is 8.66. The molecule has 2 atom stereocenters.